The normalized spacial score (nSPS) is 20.4. The molecule has 0 unspecified atom stereocenters. The van der Waals surface area contributed by atoms with Gasteiger partial charge in [0, 0.05) is 26.6 Å². The first-order valence-corrected chi connectivity index (χ1v) is 13.5. The van der Waals surface area contributed by atoms with Gasteiger partial charge in [-0.1, -0.05) is 55.0 Å². The number of ether oxygens (including phenoxy) is 1. The molecule has 1 aliphatic rings. The zero-order valence-electron chi connectivity index (χ0n) is 22.3. The molecule has 0 aromatic heterocycles. The molecule has 0 spiro atoms. The lowest BCUT2D eigenvalue weighted by Gasteiger charge is -2.26. The smallest absolute Gasteiger partial charge is 0.242 e. The van der Waals surface area contributed by atoms with Crippen LogP contribution in [0.2, 0.25) is 0 Å². The molecule has 0 bridgehead atoms. The first-order valence-electron chi connectivity index (χ1n) is 13.5. The fraction of sp³-hybridized carbons (Fsp3) is 0.483. The van der Waals surface area contributed by atoms with E-state index in [1.807, 2.05) is 54.6 Å². The van der Waals surface area contributed by atoms with Crippen molar-refractivity contribution < 1.29 is 19.1 Å². The Morgan fingerprint density at radius 1 is 0.974 bits per heavy atom. The Morgan fingerprint density at radius 2 is 1.74 bits per heavy atom. The average Bonchev–Trinajstić information content (AvgIpc) is 2.92. The molecular formula is C29H41N5O4. The van der Waals surface area contributed by atoms with Crippen molar-refractivity contribution in [3.8, 4) is 5.75 Å². The molecular weight excluding hydrogens is 482 g/mol. The maximum atomic E-state index is 13.2. The van der Waals surface area contributed by atoms with Crippen LogP contribution in [0.5, 0.6) is 5.75 Å². The molecule has 1 heterocycles. The number of hydrogen-bond donors (Lipinski definition) is 4. The van der Waals surface area contributed by atoms with E-state index in [-0.39, 0.29) is 24.3 Å². The van der Waals surface area contributed by atoms with Crippen LogP contribution < -0.4 is 26.4 Å². The molecule has 2 aromatic carbocycles. The molecule has 0 radical (unpaired) electrons. The predicted molar refractivity (Wildman–Crippen MR) is 148 cm³/mol. The van der Waals surface area contributed by atoms with Gasteiger partial charge in [-0.15, -0.1) is 0 Å². The van der Waals surface area contributed by atoms with E-state index in [0.717, 1.165) is 42.6 Å². The minimum atomic E-state index is -0.749. The highest BCUT2D eigenvalue weighted by atomic mass is 16.5. The van der Waals surface area contributed by atoms with Gasteiger partial charge in [-0.2, -0.15) is 0 Å². The number of carbonyl (C=O) groups excluding carboxylic acids is 3. The van der Waals surface area contributed by atoms with Crippen LogP contribution in [0.1, 0.15) is 36.8 Å². The lowest BCUT2D eigenvalue weighted by atomic mass is 10.0. The Morgan fingerprint density at radius 3 is 2.53 bits per heavy atom. The summed E-state index contributed by atoms with van der Waals surface area (Å²) in [7, 11) is 1.61. The van der Waals surface area contributed by atoms with Gasteiger partial charge in [-0.3, -0.25) is 14.4 Å². The number of rotatable bonds is 6. The Hall–Kier alpha value is -3.43. The highest BCUT2D eigenvalue weighted by Crippen LogP contribution is 2.19. The molecule has 206 valence electrons. The minimum absolute atomic E-state index is 0.143. The molecule has 3 amide bonds. The number of nitrogens with zero attached hydrogens (tertiary/aromatic N) is 1. The van der Waals surface area contributed by atoms with Crippen LogP contribution in [0.4, 0.5) is 0 Å². The molecule has 0 saturated carbocycles. The van der Waals surface area contributed by atoms with E-state index in [1.165, 1.54) is 4.90 Å². The number of carbonyl (C=O) groups is 3. The van der Waals surface area contributed by atoms with Crippen LogP contribution in [-0.2, 0) is 27.2 Å². The molecule has 0 fully saturated rings. The quantitative estimate of drug-likeness (QED) is 0.424. The lowest BCUT2D eigenvalue weighted by Crippen LogP contribution is -2.53. The van der Waals surface area contributed by atoms with Gasteiger partial charge in [-0.05, 0) is 49.4 Å². The van der Waals surface area contributed by atoms with E-state index in [1.54, 1.807) is 7.05 Å². The first-order chi connectivity index (χ1) is 18.5. The summed E-state index contributed by atoms with van der Waals surface area (Å²) >= 11 is 0. The molecule has 0 aliphatic carbocycles. The number of fused-ring (bicyclic) bond motifs is 1. The third-order valence-corrected chi connectivity index (χ3v) is 6.58. The topological polar surface area (TPSA) is 126 Å². The van der Waals surface area contributed by atoms with Gasteiger partial charge in [0.15, 0.2) is 0 Å². The second-order valence-corrected chi connectivity index (χ2v) is 9.65. The van der Waals surface area contributed by atoms with Gasteiger partial charge in [0.1, 0.15) is 18.4 Å². The largest absolute Gasteiger partial charge is 0.492 e. The third kappa shape index (κ3) is 9.46. The number of amides is 3. The highest BCUT2D eigenvalue weighted by Gasteiger charge is 2.26. The molecule has 5 N–H and O–H groups in total. The maximum absolute atomic E-state index is 13.2. The standard InChI is InChI=1S/C29H41N5O4/c1-34-21-27(35)33-25(20-22-10-3-2-4-11-22)28(36)32-17-9-13-23-12-5-6-15-26(23)38-19-18-31-24(29(34)37)14-7-8-16-30/h2-6,10-12,15,24-25,31H,7-9,13-14,16-21,30H2,1H3,(H,32,36)(H,33,35)/t24-,25+/m0/s1. The van der Waals surface area contributed by atoms with Gasteiger partial charge in [0.25, 0.3) is 0 Å². The lowest BCUT2D eigenvalue weighted by molar-refractivity contribution is -0.137. The fourth-order valence-electron chi connectivity index (χ4n) is 4.52. The van der Waals surface area contributed by atoms with Crippen molar-refractivity contribution >= 4 is 17.7 Å². The number of benzene rings is 2. The summed E-state index contributed by atoms with van der Waals surface area (Å²) < 4.78 is 6.03. The molecule has 9 heteroatoms. The van der Waals surface area contributed by atoms with Gasteiger partial charge >= 0.3 is 0 Å². The predicted octanol–water partition coefficient (Wildman–Crippen LogP) is 1.40. The zero-order chi connectivity index (χ0) is 27.2. The summed E-state index contributed by atoms with van der Waals surface area (Å²) in [6.45, 7) is 1.78. The van der Waals surface area contributed by atoms with Gasteiger partial charge in [-0.25, -0.2) is 0 Å². The van der Waals surface area contributed by atoms with Crippen molar-refractivity contribution in [2.45, 2.75) is 50.6 Å². The van der Waals surface area contributed by atoms with Crippen molar-refractivity contribution in [1.29, 1.82) is 0 Å². The molecule has 2 atom stereocenters. The number of aryl methyl sites for hydroxylation is 1. The van der Waals surface area contributed by atoms with E-state index < -0.39 is 12.1 Å². The maximum Gasteiger partial charge on any atom is 0.242 e. The third-order valence-electron chi connectivity index (χ3n) is 6.58. The summed E-state index contributed by atoms with van der Waals surface area (Å²) in [5, 5.41) is 9.12. The van der Waals surface area contributed by atoms with E-state index in [4.69, 9.17) is 10.5 Å². The van der Waals surface area contributed by atoms with Crippen LogP contribution in [0.3, 0.4) is 0 Å². The second kappa shape index (κ2) is 15.7. The SMILES string of the molecule is CN1CC(=O)N[C@H](Cc2ccccc2)C(=O)NCCCc2ccccc2OCCN[C@@H](CCCCN)C1=O. The number of para-hydroxylation sites is 1. The molecule has 2 aromatic rings. The first kappa shape index (κ1) is 29.1. The summed E-state index contributed by atoms with van der Waals surface area (Å²) in [5.74, 6) is 0.000939. The number of nitrogens with one attached hydrogen (secondary N) is 3. The molecule has 3 rings (SSSR count). The van der Waals surface area contributed by atoms with Crippen LogP contribution in [-0.4, -0.2) is 74.5 Å². The Bertz CT molecular complexity index is 1030. The Labute approximate surface area is 225 Å². The molecule has 9 nitrogen and oxygen atoms in total. The Kier molecular flexibility index (Phi) is 12.1. The second-order valence-electron chi connectivity index (χ2n) is 9.65. The Balaban J connectivity index is 1.77. The van der Waals surface area contributed by atoms with E-state index in [2.05, 4.69) is 16.0 Å². The van der Waals surface area contributed by atoms with E-state index >= 15 is 0 Å². The average molecular weight is 524 g/mol. The van der Waals surface area contributed by atoms with Gasteiger partial charge in [0.05, 0.1) is 12.6 Å². The monoisotopic (exact) mass is 523 g/mol. The summed E-state index contributed by atoms with van der Waals surface area (Å²) in [5.41, 5.74) is 7.65. The van der Waals surface area contributed by atoms with Crippen LogP contribution in [0, 0.1) is 0 Å². The fourth-order valence-corrected chi connectivity index (χ4v) is 4.52. The number of unbranched alkanes of at least 4 members (excludes halogenated alkanes) is 1. The van der Waals surface area contributed by atoms with Crippen molar-refractivity contribution in [2.75, 3.05) is 39.8 Å². The van der Waals surface area contributed by atoms with E-state index in [9.17, 15) is 14.4 Å². The van der Waals surface area contributed by atoms with Crippen LogP contribution in [0.15, 0.2) is 54.6 Å². The van der Waals surface area contributed by atoms with Crippen molar-refractivity contribution in [3.63, 3.8) is 0 Å². The number of nitrogens with two attached hydrogens (primary N) is 1. The van der Waals surface area contributed by atoms with E-state index in [0.29, 0.717) is 39.1 Å². The van der Waals surface area contributed by atoms with Crippen molar-refractivity contribution in [1.82, 2.24) is 20.9 Å². The molecule has 1 aliphatic heterocycles. The van der Waals surface area contributed by atoms with Crippen molar-refractivity contribution in [2.24, 2.45) is 5.73 Å². The molecule has 0 saturated heterocycles. The molecule has 38 heavy (non-hydrogen) atoms. The van der Waals surface area contributed by atoms with Crippen LogP contribution >= 0.6 is 0 Å². The number of likely N-dealkylation sites (N-methyl/N-ethyl adjacent to an activating group) is 1. The highest BCUT2D eigenvalue weighted by molar-refractivity contribution is 5.91. The summed E-state index contributed by atoms with van der Waals surface area (Å²) in [6, 6.07) is 16.2. The van der Waals surface area contributed by atoms with Crippen molar-refractivity contribution in [3.05, 3.63) is 65.7 Å². The summed E-state index contributed by atoms with van der Waals surface area (Å²) in [6.07, 6.45) is 4.05. The number of hydrogen-bond acceptors (Lipinski definition) is 6. The summed E-state index contributed by atoms with van der Waals surface area (Å²) in [4.78, 5) is 40.7. The zero-order valence-corrected chi connectivity index (χ0v) is 22.3. The minimum Gasteiger partial charge on any atom is -0.492 e. The van der Waals surface area contributed by atoms with Gasteiger partial charge in [0.2, 0.25) is 17.7 Å². The van der Waals surface area contributed by atoms with Crippen LogP contribution in [0.25, 0.3) is 0 Å². The van der Waals surface area contributed by atoms with Gasteiger partial charge < -0.3 is 31.3 Å².